The summed E-state index contributed by atoms with van der Waals surface area (Å²) in [4.78, 5) is 23.8. The molecule has 3 aromatic carbocycles. The van der Waals surface area contributed by atoms with Crippen molar-refractivity contribution in [3.63, 3.8) is 0 Å². The first-order chi connectivity index (χ1) is 16.0. The van der Waals surface area contributed by atoms with Gasteiger partial charge in [-0.1, -0.05) is 60.3 Å². The van der Waals surface area contributed by atoms with Crippen LogP contribution in [0.25, 0.3) is 17.1 Å². The van der Waals surface area contributed by atoms with Gasteiger partial charge in [-0.2, -0.15) is 0 Å². The summed E-state index contributed by atoms with van der Waals surface area (Å²) in [6, 6.07) is 23.3. The zero-order valence-corrected chi connectivity index (χ0v) is 18.5. The highest BCUT2D eigenvalue weighted by Gasteiger charge is 2.17. The van der Waals surface area contributed by atoms with E-state index in [1.807, 2.05) is 65.2 Å². The molecule has 1 heterocycles. The van der Waals surface area contributed by atoms with Crippen LogP contribution in [-0.2, 0) is 9.59 Å². The van der Waals surface area contributed by atoms with E-state index in [0.717, 1.165) is 11.3 Å². The maximum absolute atomic E-state index is 13.8. The van der Waals surface area contributed by atoms with Gasteiger partial charge in [-0.25, -0.2) is 4.39 Å². The van der Waals surface area contributed by atoms with Gasteiger partial charge >= 0.3 is 0 Å². The first-order valence-corrected chi connectivity index (χ1v) is 11.1. The number of carbonyl (C=O) groups is 2. The second kappa shape index (κ2) is 10.1. The van der Waals surface area contributed by atoms with Crippen LogP contribution in [0.2, 0.25) is 0 Å². The molecular formula is C24H20FN5O2S. The van der Waals surface area contributed by atoms with Gasteiger partial charge in [0.15, 0.2) is 11.0 Å². The van der Waals surface area contributed by atoms with Crippen LogP contribution in [0, 0.1) is 5.82 Å². The van der Waals surface area contributed by atoms with Crippen LogP contribution in [0.15, 0.2) is 84.0 Å². The van der Waals surface area contributed by atoms with Crippen molar-refractivity contribution < 1.29 is 14.0 Å². The molecule has 0 radical (unpaired) electrons. The normalized spacial score (nSPS) is 10.6. The van der Waals surface area contributed by atoms with Crippen LogP contribution < -0.4 is 10.6 Å². The Bertz CT molecular complexity index is 1280. The predicted octanol–water partition coefficient (Wildman–Crippen LogP) is 4.76. The molecule has 9 heteroatoms. The Morgan fingerprint density at radius 2 is 1.64 bits per heavy atom. The van der Waals surface area contributed by atoms with E-state index in [0.29, 0.717) is 16.7 Å². The highest BCUT2D eigenvalue weighted by Crippen LogP contribution is 2.28. The lowest BCUT2D eigenvalue weighted by molar-refractivity contribution is -0.114. The quantitative estimate of drug-likeness (QED) is 0.387. The van der Waals surface area contributed by atoms with Crippen molar-refractivity contribution in [1.82, 2.24) is 14.8 Å². The van der Waals surface area contributed by atoms with Crippen molar-refractivity contribution in [2.24, 2.45) is 0 Å². The molecule has 0 aliphatic rings. The van der Waals surface area contributed by atoms with Crippen molar-refractivity contribution in [2.75, 3.05) is 16.4 Å². The van der Waals surface area contributed by atoms with Crippen molar-refractivity contribution in [1.29, 1.82) is 0 Å². The van der Waals surface area contributed by atoms with Crippen LogP contribution in [0.4, 0.5) is 15.8 Å². The molecule has 0 bridgehead atoms. The number of para-hydroxylation sites is 1. The lowest BCUT2D eigenvalue weighted by Gasteiger charge is -2.11. The Balaban J connectivity index is 1.52. The van der Waals surface area contributed by atoms with E-state index in [1.54, 1.807) is 0 Å². The molecule has 0 fully saturated rings. The fraction of sp³-hybridized carbons (Fsp3) is 0.0833. The highest BCUT2D eigenvalue weighted by atomic mass is 32.2. The van der Waals surface area contributed by atoms with E-state index in [9.17, 15) is 14.0 Å². The lowest BCUT2D eigenvalue weighted by Crippen LogP contribution is -2.15. The molecule has 0 aliphatic carbocycles. The molecule has 33 heavy (non-hydrogen) atoms. The molecule has 166 valence electrons. The monoisotopic (exact) mass is 461 g/mol. The van der Waals surface area contributed by atoms with Crippen LogP contribution in [0.3, 0.4) is 0 Å². The van der Waals surface area contributed by atoms with Crippen molar-refractivity contribution in [3.8, 4) is 17.1 Å². The fourth-order valence-corrected chi connectivity index (χ4v) is 3.91. The van der Waals surface area contributed by atoms with Gasteiger partial charge in [-0.15, -0.1) is 10.2 Å². The zero-order chi connectivity index (χ0) is 23.2. The van der Waals surface area contributed by atoms with Crippen LogP contribution >= 0.6 is 11.8 Å². The molecular weight excluding hydrogens is 441 g/mol. The number of hydrogen-bond donors (Lipinski definition) is 2. The Hall–Kier alpha value is -3.98. The number of halogens is 1. The molecule has 0 saturated heterocycles. The summed E-state index contributed by atoms with van der Waals surface area (Å²) < 4.78 is 15.7. The Labute approximate surface area is 194 Å². The SMILES string of the molecule is CC(=O)Nc1cc(NC(=O)CSc2nnc(-c3ccccc3)n2-c2ccccc2)ccc1F. The number of benzene rings is 3. The fourth-order valence-electron chi connectivity index (χ4n) is 3.16. The van der Waals surface area contributed by atoms with Crippen molar-refractivity contribution in [3.05, 3.63) is 84.7 Å². The third kappa shape index (κ3) is 5.45. The summed E-state index contributed by atoms with van der Waals surface area (Å²) >= 11 is 1.24. The summed E-state index contributed by atoms with van der Waals surface area (Å²) in [5.41, 5.74) is 2.16. The smallest absolute Gasteiger partial charge is 0.234 e. The third-order valence-electron chi connectivity index (χ3n) is 4.57. The summed E-state index contributed by atoms with van der Waals surface area (Å²) in [7, 11) is 0. The Kier molecular flexibility index (Phi) is 6.80. The maximum atomic E-state index is 13.8. The third-order valence-corrected chi connectivity index (χ3v) is 5.50. The van der Waals surface area contributed by atoms with Gasteiger partial charge < -0.3 is 10.6 Å². The molecule has 0 saturated carbocycles. The standard InChI is InChI=1S/C24H20FN5O2S/c1-16(31)26-21-14-18(12-13-20(21)25)27-22(32)15-33-24-29-28-23(17-8-4-2-5-9-17)30(24)19-10-6-3-7-11-19/h2-14H,15H2,1H3,(H,26,31)(H,27,32). The van der Waals surface area contributed by atoms with Gasteiger partial charge in [-0.3, -0.25) is 14.2 Å². The molecule has 4 aromatic rings. The van der Waals surface area contributed by atoms with E-state index in [4.69, 9.17) is 0 Å². The number of carbonyl (C=O) groups excluding carboxylic acids is 2. The molecule has 0 atom stereocenters. The van der Waals surface area contributed by atoms with Crippen LogP contribution in [0.1, 0.15) is 6.92 Å². The largest absolute Gasteiger partial charge is 0.325 e. The van der Waals surface area contributed by atoms with Crippen molar-refractivity contribution >= 4 is 35.0 Å². The van der Waals surface area contributed by atoms with Gasteiger partial charge in [0, 0.05) is 23.9 Å². The summed E-state index contributed by atoms with van der Waals surface area (Å²) in [6.45, 7) is 1.29. The van der Waals surface area contributed by atoms with E-state index in [-0.39, 0.29) is 17.3 Å². The Morgan fingerprint density at radius 1 is 0.939 bits per heavy atom. The zero-order valence-electron chi connectivity index (χ0n) is 17.7. The lowest BCUT2D eigenvalue weighted by atomic mass is 10.2. The molecule has 4 rings (SSSR count). The molecule has 7 nitrogen and oxygen atoms in total. The van der Waals surface area contributed by atoms with Crippen LogP contribution in [0.5, 0.6) is 0 Å². The molecule has 2 N–H and O–H groups in total. The molecule has 2 amide bonds. The first-order valence-electron chi connectivity index (χ1n) is 10.1. The number of anilines is 2. The minimum atomic E-state index is -0.582. The molecule has 0 unspecified atom stereocenters. The van der Waals surface area contributed by atoms with Crippen molar-refractivity contribution in [2.45, 2.75) is 12.1 Å². The molecule has 0 spiro atoms. The number of thioether (sulfide) groups is 1. The first kappa shape index (κ1) is 22.2. The van der Waals surface area contributed by atoms with Gasteiger partial charge in [0.05, 0.1) is 11.4 Å². The highest BCUT2D eigenvalue weighted by molar-refractivity contribution is 7.99. The van der Waals surface area contributed by atoms with Gasteiger partial charge in [0.2, 0.25) is 11.8 Å². The second-order valence-corrected chi connectivity index (χ2v) is 8.00. The van der Waals surface area contributed by atoms with Gasteiger partial charge in [0.1, 0.15) is 5.82 Å². The van der Waals surface area contributed by atoms with Crippen LogP contribution in [-0.4, -0.2) is 32.3 Å². The topological polar surface area (TPSA) is 88.9 Å². The molecule has 1 aromatic heterocycles. The number of amides is 2. The number of aromatic nitrogens is 3. The minimum Gasteiger partial charge on any atom is -0.325 e. The summed E-state index contributed by atoms with van der Waals surface area (Å²) in [5, 5.41) is 14.3. The average molecular weight is 462 g/mol. The number of nitrogens with one attached hydrogen (secondary N) is 2. The van der Waals surface area contributed by atoms with Gasteiger partial charge in [0.25, 0.3) is 0 Å². The Morgan fingerprint density at radius 3 is 2.33 bits per heavy atom. The maximum Gasteiger partial charge on any atom is 0.234 e. The van der Waals surface area contributed by atoms with E-state index in [1.165, 1.54) is 36.9 Å². The summed E-state index contributed by atoms with van der Waals surface area (Å²) in [6.07, 6.45) is 0. The number of rotatable bonds is 7. The number of nitrogens with zero attached hydrogens (tertiary/aromatic N) is 3. The second-order valence-electron chi connectivity index (χ2n) is 7.06. The average Bonchev–Trinajstić information content (AvgIpc) is 3.25. The van der Waals surface area contributed by atoms with E-state index >= 15 is 0 Å². The van der Waals surface area contributed by atoms with Gasteiger partial charge in [-0.05, 0) is 30.3 Å². The summed E-state index contributed by atoms with van der Waals surface area (Å²) in [5.74, 6) is -0.552. The number of hydrogen-bond acceptors (Lipinski definition) is 5. The predicted molar refractivity (Wildman–Crippen MR) is 127 cm³/mol. The van der Waals surface area contributed by atoms with E-state index in [2.05, 4.69) is 20.8 Å². The minimum absolute atomic E-state index is 0.00396. The van der Waals surface area contributed by atoms with E-state index < -0.39 is 11.7 Å². The molecule has 0 aliphatic heterocycles.